The quantitative estimate of drug-likeness (QED) is 0.574. The van der Waals surface area contributed by atoms with Gasteiger partial charge < -0.3 is 9.47 Å². The van der Waals surface area contributed by atoms with E-state index in [0.717, 1.165) is 29.7 Å². The number of methoxy groups -OCH3 is 1. The van der Waals surface area contributed by atoms with E-state index in [4.69, 9.17) is 0 Å². The molecule has 0 saturated heterocycles. The van der Waals surface area contributed by atoms with Crippen molar-refractivity contribution in [3.05, 3.63) is 15.3 Å². The number of nitrogens with zero attached hydrogens (tertiary/aromatic N) is 1. The SMILES string of the molecule is COc1ncc(C(F)(F)F)c(I)c1OC(F)(F)F. The standard InChI is InChI=1S/C8H4F6INO2/c1-17-6-5(18-8(12,13)14)4(15)3(2-16-6)7(9,10)11/h2H,1H3. The molecule has 1 rings (SSSR count). The van der Waals surface area contributed by atoms with Crippen LogP contribution in [0.5, 0.6) is 11.6 Å². The molecule has 0 fully saturated rings. The lowest BCUT2D eigenvalue weighted by Crippen LogP contribution is -2.20. The van der Waals surface area contributed by atoms with Crippen LogP contribution in [0.25, 0.3) is 0 Å². The molecule has 0 unspecified atom stereocenters. The van der Waals surface area contributed by atoms with E-state index < -0.39 is 33.3 Å². The lowest BCUT2D eigenvalue weighted by Gasteiger charge is -2.16. The summed E-state index contributed by atoms with van der Waals surface area (Å²) in [5.74, 6) is -1.79. The van der Waals surface area contributed by atoms with Crippen molar-refractivity contribution in [2.45, 2.75) is 12.5 Å². The van der Waals surface area contributed by atoms with E-state index in [1.54, 1.807) is 0 Å². The zero-order valence-corrected chi connectivity index (χ0v) is 10.6. The molecule has 0 atom stereocenters. The Labute approximate surface area is 110 Å². The molecule has 1 heterocycles. The first-order valence-corrected chi connectivity index (χ1v) is 5.19. The molecular weight excluding hydrogens is 383 g/mol. The Bertz CT molecular complexity index is 444. The van der Waals surface area contributed by atoms with Crippen molar-refractivity contribution in [3.63, 3.8) is 0 Å². The van der Waals surface area contributed by atoms with Gasteiger partial charge in [0, 0.05) is 6.20 Å². The predicted molar refractivity (Wildman–Crippen MR) is 55.2 cm³/mol. The maximum absolute atomic E-state index is 12.5. The maximum atomic E-state index is 12.5. The Kier molecular flexibility index (Phi) is 4.18. The summed E-state index contributed by atoms with van der Waals surface area (Å²) in [7, 11) is 0.967. The van der Waals surface area contributed by atoms with Crippen molar-refractivity contribution < 1.29 is 35.8 Å². The minimum atomic E-state index is -5.14. The van der Waals surface area contributed by atoms with Gasteiger partial charge in [0.2, 0.25) is 5.75 Å². The summed E-state index contributed by atoms with van der Waals surface area (Å²) in [6, 6.07) is 0. The second-order valence-electron chi connectivity index (χ2n) is 2.87. The van der Waals surface area contributed by atoms with Gasteiger partial charge in [-0.2, -0.15) is 13.2 Å². The van der Waals surface area contributed by atoms with E-state index in [2.05, 4.69) is 14.5 Å². The van der Waals surface area contributed by atoms with Crippen molar-refractivity contribution in [2.24, 2.45) is 0 Å². The highest BCUT2D eigenvalue weighted by Gasteiger charge is 2.39. The molecule has 0 N–H and O–H groups in total. The van der Waals surface area contributed by atoms with E-state index in [9.17, 15) is 26.3 Å². The van der Waals surface area contributed by atoms with Crippen molar-refractivity contribution in [1.82, 2.24) is 4.98 Å². The first kappa shape index (κ1) is 15.1. The molecule has 0 saturated carbocycles. The van der Waals surface area contributed by atoms with Crippen molar-refractivity contribution in [2.75, 3.05) is 7.11 Å². The summed E-state index contributed by atoms with van der Waals surface area (Å²) >= 11 is 1.09. The number of hydrogen-bond acceptors (Lipinski definition) is 3. The third-order valence-electron chi connectivity index (χ3n) is 1.66. The number of ether oxygens (including phenoxy) is 2. The lowest BCUT2D eigenvalue weighted by atomic mass is 10.2. The first-order valence-electron chi connectivity index (χ1n) is 4.11. The molecule has 0 aliphatic heterocycles. The zero-order chi connectivity index (χ0) is 14.1. The van der Waals surface area contributed by atoms with E-state index in [0.29, 0.717) is 6.20 Å². The average molecular weight is 387 g/mol. The molecule has 1 aromatic heterocycles. The van der Waals surface area contributed by atoms with E-state index in [-0.39, 0.29) is 0 Å². The van der Waals surface area contributed by atoms with Crippen LogP contribution in [0, 0.1) is 3.57 Å². The van der Waals surface area contributed by atoms with Crippen molar-refractivity contribution in [3.8, 4) is 11.6 Å². The molecule has 0 aromatic carbocycles. The second-order valence-corrected chi connectivity index (χ2v) is 3.95. The summed E-state index contributed by atoms with van der Waals surface area (Å²) in [4.78, 5) is 3.14. The summed E-state index contributed by atoms with van der Waals surface area (Å²) in [5.41, 5.74) is -1.33. The maximum Gasteiger partial charge on any atom is 0.573 e. The molecule has 0 radical (unpaired) electrons. The summed E-state index contributed by atoms with van der Waals surface area (Å²) in [6.07, 6.45) is -9.59. The summed E-state index contributed by atoms with van der Waals surface area (Å²) < 4.78 is 80.8. The number of rotatable bonds is 2. The molecule has 0 bridgehead atoms. The third kappa shape index (κ3) is 3.53. The highest BCUT2D eigenvalue weighted by molar-refractivity contribution is 14.1. The Morgan fingerprint density at radius 2 is 1.72 bits per heavy atom. The molecule has 10 heteroatoms. The molecule has 1 aromatic rings. The van der Waals surface area contributed by atoms with Gasteiger partial charge in [-0.15, -0.1) is 13.2 Å². The van der Waals surface area contributed by atoms with Crippen LogP contribution < -0.4 is 9.47 Å². The molecule has 0 spiro atoms. The van der Waals surface area contributed by atoms with Crippen LogP contribution in [0.3, 0.4) is 0 Å². The fourth-order valence-electron chi connectivity index (χ4n) is 1.00. The van der Waals surface area contributed by atoms with Gasteiger partial charge in [-0.25, -0.2) is 4.98 Å². The van der Waals surface area contributed by atoms with E-state index in [1.165, 1.54) is 0 Å². The van der Waals surface area contributed by atoms with Gasteiger partial charge in [-0.05, 0) is 22.6 Å². The van der Waals surface area contributed by atoms with Gasteiger partial charge in [0.1, 0.15) is 0 Å². The van der Waals surface area contributed by atoms with Crippen LogP contribution >= 0.6 is 22.6 Å². The monoisotopic (exact) mass is 387 g/mol. The normalized spacial score (nSPS) is 12.4. The Morgan fingerprint density at radius 1 is 1.17 bits per heavy atom. The lowest BCUT2D eigenvalue weighted by molar-refractivity contribution is -0.275. The molecule has 0 aliphatic rings. The molecule has 18 heavy (non-hydrogen) atoms. The summed E-state index contributed by atoms with van der Waals surface area (Å²) in [5, 5.41) is 0. The van der Waals surface area contributed by atoms with Gasteiger partial charge in [-0.3, -0.25) is 0 Å². The molecule has 3 nitrogen and oxygen atoms in total. The largest absolute Gasteiger partial charge is 0.573 e. The van der Waals surface area contributed by atoms with Crippen LogP contribution in [-0.4, -0.2) is 18.5 Å². The molecule has 102 valence electrons. The van der Waals surface area contributed by atoms with Crippen molar-refractivity contribution in [1.29, 1.82) is 0 Å². The Balaban J connectivity index is 3.37. The van der Waals surface area contributed by atoms with E-state index >= 15 is 0 Å². The summed E-state index contributed by atoms with van der Waals surface area (Å²) in [6.45, 7) is 0. The number of alkyl halides is 6. The number of aromatic nitrogens is 1. The van der Waals surface area contributed by atoms with Crippen LogP contribution in [0.4, 0.5) is 26.3 Å². The van der Waals surface area contributed by atoms with Crippen LogP contribution in [0.2, 0.25) is 0 Å². The number of hydrogen-bond donors (Lipinski definition) is 0. The van der Waals surface area contributed by atoms with Gasteiger partial charge in [0.25, 0.3) is 5.88 Å². The van der Waals surface area contributed by atoms with Gasteiger partial charge in [0.15, 0.2) is 0 Å². The second kappa shape index (κ2) is 4.97. The number of halogens is 7. The predicted octanol–water partition coefficient (Wildman–Crippen LogP) is 3.61. The minimum absolute atomic E-state index is 0.379. The van der Waals surface area contributed by atoms with Gasteiger partial charge >= 0.3 is 12.5 Å². The van der Waals surface area contributed by atoms with Gasteiger partial charge in [-0.1, -0.05) is 0 Å². The topological polar surface area (TPSA) is 31.4 Å². The fraction of sp³-hybridized carbons (Fsp3) is 0.375. The van der Waals surface area contributed by atoms with Crippen molar-refractivity contribution >= 4 is 22.6 Å². The average Bonchev–Trinajstić information content (AvgIpc) is 2.17. The first-order chi connectivity index (χ1) is 8.06. The minimum Gasteiger partial charge on any atom is -0.478 e. The molecule has 0 aliphatic carbocycles. The smallest absolute Gasteiger partial charge is 0.478 e. The highest BCUT2D eigenvalue weighted by atomic mass is 127. The molecular formula is C8H4F6INO2. The Hall–Kier alpha value is -0.940. The zero-order valence-electron chi connectivity index (χ0n) is 8.49. The Morgan fingerprint density at radius 3 is 2.11 bits per heavy atom. The van der Waals surface area contributed by atoms with Crippen LogP contribution in [0.15, 0.2) is 6.20 Å². The fourth-order valence-corrected chi connectivity index (χ4v) is 1.79. The van der Waals surface area contributed by atoms with Crippen LogP contribution in [-0.2, 0) is 6.18 Å². The number of pyridine rings is 1. The van der Waals surface area contributed by atoms with Crippen LogP contribution in [0.1, 0.15) is 5.56 Å². The molecule has 0 amide bonds. The highest BCUT2D eigenvalue weighted by Crippen LogP contribution is 2.41. The third-order valence-corrected chi connectivity index (χ3v) is 2.73. The van der Waals surface area contributed by atoms with E-state index in [1.807, 2.05) is 0 Å². The van der Waals surface area contributed by atoms with Gasteiger partial charge in [0.05, 0.1) is 16.2 Å².